The molecule has 9 nitrogen and oxygen atoms in total. The SMILES string of the molecule is CCOC(=O)Cc1csc(NC(=O)CSc2nnc(COc3cc(C)ccc3C)n2CC)n1. The van der Waals surface area contributed by atoms with E-state index in [1.54, 1.807) is 12.3 Å². The van der Waals surface area contributed by atoms with E-state index in [0.717, 1.165) is 16.9 Å². The first-order chi connectivity index (χ1) is 15.9. The van der Waals surface area contributed by atoms with Gasteiger partial charge in [-0.1, -0.05) is 23.9 Å². The van der Waals surface area contributed by atoms with Gasteiger partial charge in [-0.25, -0.2) is 4.98 Å². The minimum absolute atomic E-state index is 0.0848. The van der Waals surface area contributed by atoms with Crippen molar-refractivity contribution in [2.75, 3.05) is 17.7 Å². The van der Waals surface area contributed by atoms with Gasteiger partial charge >= 0.3 is 5.97 Å². The lowest BCUT2D eigenvalue weighted by atomic mass is 10.1. The fourth-order valence-electron chi connectivity index (χ4n) is 2.95. The van der Waals surface area contributed by atoms with Gasteiger partial charge in [-0.05, 0) is 44.9 Å². The molecule has 0 aliphatic carbocycles. The quantitative estimate of drug-likeness (QED) is 0.320. The summed E-state index contributed by atoms with van der Waals surface area (Å²) in [7, 11) is 0. The van der Waals surface area contributed by atoms with Crippen LogP contribution in [0.1, 0.15) is 36.5 Å². The first-order valence-corrected chi connectivity index (χ1v) is 12.4. The van der Waals surface area contributed by atoms with Crippen molar-refractivity contribution in [2.45, 2.75) is 52.4 Å². The number of hydrogen-bond donors (Lipinski definition) is 1. The van der Waals surface area contributed by atoms with Crippen LogP contribution in [0.15, 0.2) is 28.7 Å². The molecular weight excluding hydrogens is 462 g/mol. The standard InChI is InChI=1S/C22H27N5O4S2/c1-5-27-18(11-31-17-9-14(3)7-8-15(17)4)25-26-22(27)33-13-19(28)24-21-23-16(12-32-21)10-20(29)30-6-2/h7-9,12H,5-6,10-11,13H2,1-4H3,(H,23,24,28). The van der Waals surface area contributed by atoms with Gasteiger partial charge in [-0.2, -0.15) is 0 Å². The number of ether oxygens (including phenoxy) is 2. The third-order valence-electron chi connectivity index (χ3n) is 4.57. The highest BCUT2D eigenvalue weighted by Crippen LogP contribution is 2.23. The molecule has 1 aromatic carbocycles. The van der Waals surface area contributed by atoms with Crippen LogP contribution in [0.3, 0.4) is 0 Å². The van der Waals surface area contributed by atoms with Crippen molar-refractivity contribution < 1.29 is 19.1 Å². The smallest absolute Gasteiger partial charge is 0.311 e. The van der Waals surface area contributed by atoms with E-state index < -0.39 is 0 Å². The normalized spacial score (nSPS) is 10.8. The van der Waals surface area contributed by atoms with Gasteiger partial charge in [0, 0.05) is 11.9 Å². The second kappa shape index (κ2) is 11.8. The molecule has 0 atom stereocenters. The van der Waals surface area contributed by atoms with E-state index in [-0.39, 0.29) is 24.1 Å². The van der Waals surface area contributed by atoms with Gasteiger partial charge in [0.1, 0.15) is 12.4 Å². The van der Waals surface area contributed by atoms with Crippen molar-refractivity contribution in [2.24, 2.45) is 0 Å². The van der Waals surface area contributed by atoms with Crippen LogP contribution in [0, 0.1) is 13.8 Å². The fraction of sp³-hybridized carbons (Fsp3) is 0.409. The molecule has 3 rings (SSSR count). The molecule has 1 amide bonds. The average Bonchev–Trinajstić information content (AvgIpc) is 3.38. The summed E-state index contributed by atoms with van der Waals surface area (Å²) in [5, 5.41) is 14.0. The van der Waals surface area contributed by atoms with E-state index in [9.17, 15) is 9.59 Å². The van der Waals surface area contributed by atoms with E-state index in [2.05, 4.69) is 20.5 Å². The maximum absolute atomic E-state index is 12.4. The van der Waals surface area contributed by atoms with E-state index >= 15 is 0 Å². The third kappa shape index (κ3) is 7.03. The lowest BCUT2D eigenvalue weighted by Gasteiger charge is -2.11. The Morgan fingerprint density at radius 1 is 1.21 bits per heavy atom. The van der Waals surface area contributed by atoms with Crippen molar-refractivity contribution in [3.8, 4) is 5.75 Å². The summed E-state index contributed by atoms with van der Waals surface area (Å²) in [6.45, 7) is 9.05. The molecule has 0 saturated carbocycles. The number of carbonyl (C=O) groups excluding carboxylic acids is 2. The number of nitrogens with zero attached hydrogens (tertiary/aromatic N) is 4. The van der Waals surface area contributed by atoms with Gasteiger partial charge in [0.2, 0.25) is 5.91 Å². The van der Waals surface area contributed by atoms with Crippen LogP contribution in [0.4, 0.5) is 5.13 Å². The number of aryl methyl sites for hydroxylation is 2. The van der Waals surface area contributed by atoms with Crippen LogP contribution in [-0.4, -0.2) is 44.0 Å². The van der Waals surface area contributed by atoms with Gasteiger partial charge in [0.15, 0.2) is 16.1 Å². The van der Waals surface area contributed by atoms with Crippen LogP contribution >= 0.6 is 23.1 Å². The molecule has 0 saturated heterocycles. The van der Waals surface area contributed by atoms with Gasteiger partial charge in [0.05, 0.1) is 24.5 Å². The number of aromatic nitrogens is 4. The average molecular weight is 490 g/mol. The molecule has 0 aliphatic rings. The molecule has 3 aromatic rings. The fourth-order valence-corrected chi connectivity index (χ4v) is 4.49. The molecule has 0 fully saturated rings. The third-order valence-corrected chi connectivity index (χ3v) is 6.34. The van der Waals surface area contributed by atoms with Crippen LogP contribution < -0.4 is 10.1 Å². The van der Waals surface area contributed by atoms with E-state index in [0.29, 0.717) is 41.6 Å². The van der Waals surface area contributed by atoms with Gasteiger partial charge in [-0.15, -0.1) is 21.5 Å². The summed E-state index contributed by atoms with van der Waals surface area (Å²) in [5.41, 5.74) is 2.76. The number of carbonyl (C=O) groups is 2. The Bertz CT molecular complexity index is 1110. The summed E-state index contributed by atoms with van der Waals surface area (Å²) in [6, 6.07) is 6.07. The first kappa shape index (κ1) is 24.7. The second-order valence-electron chi connectivity index (χ2n) is 7.16. The molecule has 2 aromatic heterocycles. The molecule has 1 N–H and O–H groups in total. The zero-order valence-electron chi connectivity index (χ0n) is 19.1. The molecule has 0 radical (unpaired) electrons. The van der Waals surface area contributed by atoms with E-state index in [1.807, 2.05) is 43.5 Å². The molecular formula is C22H27N5O4S2. The Labute approximate surface area is 200 Å². The van der Waals surface area contributed by atoms with Crippen LogP contribution in [0.5, 0.6) is 5.75 Å². The number of thioether (sulfide) groups is 1. The van der Waals surface area contributed by atoms with Crippen molar-refractivity contribution in [3.05, 3.63) is 46.2 Å². The minimum Gasteiger partial charge on any atom is -0.485 e. The van der Waals surface area contributed by atoms with E-state index in [4.69, 9.17) is 9.47 Å². The van der Waals surface area contributed by atoms with Crippen molar-refractivity contribution in [3.63, 3.8) is 0 Å². The monoisotopic (exact) mass is 489 g/mol. The summed E-state index contributed by atoms with van der Waals surface area (Å²) in [6.07, 6.45) is 0.0848. The number of anilines is 1. The Kier molecular flexibility index (Phi) is 8.84. The highest BCUT2D eigenvalue weighted by Gasteiger charge is 2.15. The summed E-state index contributed by atoms with van der Waals surface area (Å²) in [4.78, 5) is 28.2. The Morgan fingerprint density at radius 3 is 2.79 bits per heavy atom. The van der Waals surface area contributed by atoms with Crippen molar-refractivity contribution >= 4 is 40.1 Å². The lowest BCUT2D eigenvalue weighted by Crippen LogP contribution is -2.15. The van der Waals surface area contributed by atoms with Gasteiger partial charge < -0.3 is 19.4 Å². The Morgan fingerprint density at radius 2 is 2.03 bits per heavy atom. The number of hydrogen-bond acceptors (Lipinski definition) is 9. The molecule has 0 spiro atoms. The summed E-state index contributed by atoms with van der Waals surface area (Å²) >= 11 is 2.56. The van der Waals surface area contributed by atoms with Gasteiger partial charge in [0.25, 0.3) is 0 Å². The predicted molar refractivity (Wildman–Crippen MR) is 128 cm³/mol. The largest absolute Gasteiger partial charge is 0.485 e. The number of esters is 1. The highest BCUT2D eigenvalue weighted by atomic mass is 32.2. The van der Waals surface area contributed by atoms with Gasteiger partial charge in [-0.3, -0.25) is 9.59 Å². The molecule has 0 aliphatic heterocycles. The number of benzene rings is 1. The maximum Gasteiger partial charge on any atom is 0.311 e. The molecule has 0 bridgehead atoms. The maximum atomic E-state index is 12.4. The summed E-state index contributed by atoms with van der Waals surface area (Å²) < 4.78 is 12.8. The van der Waals surface area contributed by atoms with Crippen LogP contribution in [0.25, 0.3) is 0 Å². The Hall–Kier alpha value is -2.92. The zero-order valence-corrected chi connectivity index (χ0v) is 20.7. The molecule has 176 valence electrons. The molecule has 33 heavy (non-hydrogen) atoms. The molecule has 0 unspecified atom stereocenters. The number of rotatable bonds is 11. The lowest BCUT2D eigenvalue weighted by molar-refractivity contribution is -0.142. The highest BCUT2D eigenvalue weighted by molar-refractivity contribution is 7.99. The number of nitrogens with one attached hydrogen (secondary N) is 1. The topological polar surface area (TPSA) is 108 Å². The predicted octanol–water partition coefficient (Wildman–Crippen LogP) is 3.79. The van der Waals surface area contributed by atoms with Crippen LogP contribution in [-0.2, 0) is 33.9 Å². The first-order valence-electron chi connectivity index (χ1n) is 10.5. The summed E-state index contributed by atoms with van der Waals surface area (Å²) in [5.74, 6) is 1.12. The number of amides is 1. The van der Waals surface area contributed by atoms with Crippen LogP contribution in [0.2, 0.25) is 0 Å². The van der Waals surface area contributed by atoms with Crippen molar-refractivity contribution in [1.82, 2.24) is 19.7 Å². The zero-order chi connectivity index (χ0) is 23.8. The van der Waals surface area contributed by atoms with E-state index in [1.165, 1.54) is 23.1 Å². The molecule has 2 heterocycles. The second-order valence-corrected chi connectivity index (χ2v) is 8.96. The van der Waals surface area contributed by atoms with Crippen molar-refractivity contribution in [1.29, 1.82) is 0 Å². The number of thiazole rings is 1. The molecule has 11 heteroatoms. The minimum atomic E-state index is -0.340. The Balaban J connectivity index is 1.53.